The largest absolute Gasteiger partial charge is 0.492 e. The zero-order chi connectivity index (χ0) is 22.4. The topological polar surface area (TPSA) is 79.0 Å². The molecule has 0 atom stereocenters. The number of ether oxygens (including phenoxy) is 1. The number of hydrogen-bond donors (Lipinski definition) is 1. The minimum absolute atomic E-state index is 0.0846. The molecule has 1 amide bonds. The Morgan fingerprint density at radius 1 is 1.00 bits per heavy atom. The smallest absolute Gasteiger partial charge is 0.243 e. The second-order valence-electron chi connectivity index (χ2n) is 7.96. The van der Waals surface area contributed by atoms with Crippen LogP contribution in [0.4, 0.5) is 0 Å². The molecule has 1 saturated heterocycles. The first kappa shape index (κ1) is 23.2. The summed E-state index contributed by atoms with van der Waals surface area (Å²) in [7, 11) is -3.52. The highest BCUT2D eigenvalue weighted by atomic mass is 32.2. The summed E-state index contributed by atoms with van der Waals surface area (Å²) in [5.74, 6) is 0.703. The number of aryl methyl sites for hydroxylation is 3. The summed E-state index contributed by atoms with van der Waals surface area (Å²) in [5.41, 5.74) is 2.80. The van der Waals surface area contributed by atoms with E-state index in [1.54, 1.807) is 6.07 Å². The van der Waals surface area contributed by atoms with Crippen LogP contribution in [-0.2, 0) is 14.8 Å². The zero-order valence-electron chi connectivity index (χ0n) is 18.4. The van der Waals surface area contributed by atoms with Crippen molar-refractivity contribution in [3.63, 3.8) is 0 Å². The fraction of sp³-hybridized carbons (Fsp3) is 0.435. The molecular weight excluding hydrogens is 414 g/mol. The van der Waals surface area contributed by atoms with Crippen LogP contribution in [0.2, 0.25) is 0 Å². The molecule has 1 aliphatic rings. The van der Waals surface area contributed by atoms with Gasteiger partial charge in [-0.05, 0) is 55.7 Å². The van der Waals surface area contributed by atoms with Crippen LogP contribution in [0, 0.1) is 20.8 Å². The van der Waals surface area contributed by atoms with E-state index in [1.165, 1.54) is 4.31 Å². The number of sulfonamides is 1. The van der Waals surface area contributed by atoms with Crippen molar-refractivity contribution < 1.29 is 17.9 Å². The average Bonchev–Trinajstić information content (AvgIpc) is 2.73. The minimum Gasteiger partial charge on any atom is -0.492 e. The minimum atomic E-state index is -3.52. The third-order valence-corrected chi connectivity index (χ3v) is 7.38. The van der Waals surface area contributed by atoms with Gasteiger partial charge in [0.05, 0.1) is 18.0 Å². The molecule has 3 rings (SSSR count). The normalized spacial score (nSPS) is 15.6. The molecule has 2 aromatic carbocycles. The van der Waals surface area contributed by atoms with Crippen LogP contribution in [-0.4, -0.2) is 69.4 Å². The Hall–Kier alpha value is -2.42. The number of carbonyl (C=O) groups excluding carboxylic acids is 1. The van der Waals surface area contributed by atoms with Gasteiger partial charge in [-0.1, -0.05) is 24.3 Å². The van der Waals surface area contributed by atoms with E-state index in [1.807, 2.05) is 62.1 Å². The summed E-state index contributed by atoms with van der Waals surface area (Å²) < 4.78 is 33.2. The van der Waals surface area contributed by atoms with E-state index in [2.05, 4.69) is 5.32 Å². The molecular formula is C23H31N3O4S. The van der Waals surface area contributed by atoms with Crippen LogP contribution in [0.3, 0.4) is 0 Å². The van der Waals surface area contributed by atoms with Gasteiger partial charge in [0.1, 0.15) is 12.4 Å². The van der Waals surface area contributed by atoms with Gasteiger partial charge in [-0.25, -0.2) is 8.42 Å². The lowest BCUT2D eigenvalue weighted by molar-refractivity contribution is -0.122. The molecule has 168 valence electrons. The van der Waals surface area contributed by atoms with Gasteiger partial charge < -0.3 is 10.1 Å². The molecule has 31 heavy (non-hydrogen) atoms. The second kappa shape index (κ2) is 10.3. The third-order valence-electron chi connectivity index (χ3n) is 5.34. The first-order valence-corrected chi connectivity index (χ1v) is 12.0. The summed E-state index contributed by atoms with van der Waals surface area (Å²) in [4.78, 5) is 14.6. The van der Waals surface area contributed by atoms with Gasteiger partial charge in [0.15, 0.2) is 0 Å². The number of rotatable bonds is 8. The van der Waals surface area contributed by atoms with Gasteiger partial charge in [-0.3, -0.25) is 9.69 Å². The number of nitrogens with one attached hydrogen (secondary N) is 1. The van der Waals surface area contributed by atoms with E-state index >= 15 is 0 Å². The van der Waals surface area contributed by atoms with Gasteiger partial charge in [0.25, 0.3) is 0 Å². The molecule has 1 aliphatic heterocycles. The lowest BCUT2D eigenvalue weighted by atomic mass is 10.2. The predicted octanol–water partition coefficient (Wildman–Crippen LogP) is 2.11. The molecule has 0 aliphatic carbocycles. The third kappa shape index (κ3) is 6.29. The van der Waals surface area contributed by atoms with Gasteiger partial charge in [0.2, 0.25) is 15.9 Å². The van der Waals surface area contributed by atoms with Crippen LogP contribution in [0.25, 0.3) is 0 Å². The fourth-order valence-electron chi connectivity index (χ4n) is 3.58. The highest BCUT2D eigenvalue weighted by molar-refractivity contribution is 7.89. The summed E-state index contributed by atoms with van der Waals surface area (Å²) >= 11 is 0. The van der Waals surface area contributed by atoms with Crippen molar-refractivity contribution in [3.05, 3.63) is 59.2 Å². The molecule has 1 N–H and O–H groups in total. The number of amides is 1. The second-order valence-corrected chi connectivity index (χ2v) is 9.87. The van der Waals surface area contributed by atoms with Crippen molar-refractivity contribution in [1.82, 2.24) is 14.5 Å². The van der Waals surface area contributed by atoms with E-state index in [4.69, 9.17) is 4.74 Å². The Bertz CT molecular complexity index is 1020. The van der Waals surface area contributed by atoms with Crippen molar-refractivity contribution in [2.24, 2.45) is 0 Å². The van der Waals surface area contributed by atoms with E-state index in [-0.39, 0.29) is 12.5 Å². The summed E-state index contributed by atoms with van der Waals surface area (Å²) in [6.07, 6.45) is 0. The molecule has 1 heterocycles. The van der Waals surface area contributed by atoms with Crippen molar-refractivity contribution >= 4 is 15.9 Å². The lowest BCUT2D eigenvalue weighted by Gasteiger charge is -2.33. The molecule has 0 bridgehead atoms. The Balaban J connectivity index is 1.42. The monoisotopic (exact) mass is 445 g/mol. The number of nitrogens with zero attached hydrogens (tertiary/aromatic N) is 2. The molecule has 7 nitrogen and oxygen atoms in total. The molecule has 1 fully saturated rings. The summed E-state index contributed by atoms with van der Waals surface area (Å²) in [6.45, 7) is 8.58. The highest BCUT2D eigenvalue weighted by Crippen LogP contribution is 2.22. The van der Waals surface area contributed by atoms with Crippen molar-refractivity contribution in [2.45, 2.75) is 25.7 Å². The maximum atomic E-state index is 13.0. The van der Waals surface area contributed by atoms with E-state index in [9.17, 15) is 13.2 Å². The van der Waals surface area contributed by atoms with Crippen LogP contribution in [0.1, 0.15) is 16.7 Å². The SMILES string of the molecule is Cc1cccc(OCCNC(=O)CN2CCN(S(=O)(=O)c3cc(C)ccc3C)CC2)c1. The Morgan fingerprint density at radius 3 is 2.42 bits per heavy atom. The van der Waals surface area contributed by atoms with Crippen molar-refractivity contribution in [2.75, 3.05) is 45.9 Å². The van der Waals surface area contributed by atoms with Crippen molar-refractivity contribution in [1.29, 1.82) is 0 Å². The van der Waals surface area contributed by atoms with E-state index in [0.29, 0.717) is 44.2 Å². The number of carbonyl (C=O) groups is 1. The molecule has 0 aromatic heterocycles. The van der Waals surface area contributed by atoms with Gasteiger partial charge in [0, 0.05) is 26.2 Å². The van der Waals surface area contributed by atoms with Gasteiger partial charge >= 0.3 is 0 Å². The first-order valence-electron chi connectivity index (χ1n) is 10.5. The predicted molar refractivity (Wildman–Crippen MR) is 121 cm³/mol. The lowest BCUT2D eigenvalue weighted by Crippen LogP contribution is -2.51. The number of benzene rings is 2. The average molecular weight is 446 g/mol. The Labute approximate surface area is 185 Å². The molecule has 0 unspecified atom stereocenters. The van der Waals surface area contributed by atoms with Crippen LogP contribution in [0.15, 0.2) is 47.4 Å². The molecule has 0 saturated carbocycles. The molecule has 8 heteroatoms. The molecule has 2 aromatic rings. The van der Waals surface area contributed by atoms with Crippen molar-refractivity contribution in [3.8, 4) is 5.75 Å². The Morgan fingerprint density at radius 2 is 1.71 bits per heavy atom. The summed E-state index contributed by atoms with van der Waals surface area (Å²) in [5, 5.41) is 2.86. The Kier molecular flexibility index (Phi) is 7.69. The van der Waals surface area contributed by atoms with Crippen LogP contribution in [0.5, 0.6) is 5.75 Å². The summed E-state index contributed by atoms with van der Waals surface area (Å²) in [6, 6.07) is 13.3. The van der Waals surface area contributed by atoms with Crippen LogP contribution >= 0.6 is 0 Å². The standard InChI is InChI=1S/C23H31N3O4S/c1-18-5-4-6-21(15-18)30-14-9-24-23(27)17-25-10-12-26(13-11-25)31(28,29)22-16-19(2)7-8-20(22)3/h4-8,15-16H,9-14,17H2,1-3H3,(H,24,27). The highest BCUT2D eigenvalue weighted by Gasteiger charge is 2.30. The van der Waals surface area contributed by atoms with Gasteiger partial charge in [-0.15, -0.1) is 0 Å². The fourth-order valence-corrected chi connectivity index (χ4v) is 5.31. The zero-order valence-corrected chi connectivity index (χ0v) is 19.2. The van der Waals surface area contributed by atoms with E-state index in [0.717, 1.165) is 22.4 Å². The van der Waals surface area contributed by atoms with Crippen LogP contribution < -0.4 is 10.1 Å². The number of hydrogen-bond acceptors (Lipinski definition) is 5. The maximum Gasteiger partial charge on any atom is 0.243 e. The molecule has 0 spiro atoms. The van der Waals surface area contributed by atoms with E-state index < -0.39 is 10.0 Å². The quantitative estimate of drug-likeness (QED) is 0.630. The molecule has 0 radical (unpaired) electrons. The van der Waals surface area contributed by atoms with Gasteiger partial charge in [-0.2, -0.15) is 4.31 Å². The number of piperazine rings is 1. The first-order chi connectivity index (χ1) is 14.8. The maximum absolute atomic E-state index is 13.0.